The van der Waals surface area contributed by atoms with Crippen molar-refractivity contribution in [2.45, 2.75) is 19.6 Å². The smallest absolute Gasteiger partial charge is 0.336 e. The van der Waals surface area contributed by atoms with Crippen molar-refractivity contribution >= 4 is 29.1 Å². The van der Waals surface area contributed by atoms with E-state index in [0.717, 1.165) is 16.8 Å². The number of carbonyl (C=O) groups excluding carboxylic acids is 1. The predicted molar refractivity (Wildman–Crippen MR) is 142 cm³/mol. The molecule has 0 aliphatic carbocycles. The number of carboxylic acid groups (broad SMARTS) is 1. The predicted octanol–water partition coefficient (Wildman–Crippen LogP) is 4.85. The fraction of sp³-hybridized carbons (Fsp3) is 0.179. The third-order valence-corrected chi connectivity index (χ3v) is 6.13. The van der Waals surface area contributed by atoms with Crippen molar-refractivity contribution < 1.29 is 19.4 Å². The van der Waals surface area contributed by atoms with Gasteiger partial charge in [-0.25, -0.2) is 9.59 Å². The van der Waals surface area contributed by atoms with Gasteiger partial charge >= 0.3 is 12.0 Å². The molecular formula is C28H27N5O4. The van der Waals surface area contributed by atoms with Crippen LogP contribution >= 0.6 is 0 Å². The summed E-state index contributed by atoms with van der Waals surface area (Å²) in [7, 11) is 0. The second-order valence-electron chi connectivity index (χ2n) is 8.96. The van der Waals surface area contributed by atoms with Crippen LogP contribution in [0.5, 0.6) is 5.75 Å². The number of rotatable bonds is 8. The van der Waals surface area contributed by atoms with E-state index in [1.165, 1.54) is 0 Å². The molecule has 188 valence electrons. The van der Waals surface area contributed by atoms with Crippen molar-refractivity contribution in [3.05, 3.63) is 102 Å². The lowest BCUT2D eigenvalue weighted by Crippen LogP contribution is -2.54. The molecule has 0 bridgehead atoms. The molecule has 3 heterocycles. The minimum atomic E-state index is -0.935. The summed E-state index contributed by atoms with van der Waals surface area (Å²) in [6.45, 7) is 3.69. The zero-order chi connectivity index (χ0) is 25.8. The Bertz CT molecular complexity index is 1400. The fourth-order valence-corrected chi connectivity index (χ4v) is 4.33. The molecule has 0 unspecified atom stereocenters. The minimum Gasteiger partial charge on any atom is -0.487 e. The number of pyridine rings is 1. The Labute approximate surface area is 214 Å². The first kappa shape index (κ1) is 23.9. The molecule has 4 aromatic rings. The SMILES string of the molecule is Cc1cncc(NC(=O)Nc2ccc(OC3CN(c4cccc(C(=O)O)c4Cn4cccc4)C3)cc2)c1. The van der Waals surface area contributed by atoms with Gasteiger partial charge in [0, 0.05) is 42.1 Å². The van der Waals surface area contributed by atoms with Gasteiger partial charge in [-0.1, -0.05) is 6.07 Å². The van der Waals surface area contributed by atoms with Crippen LogP contribution in [0.2, 0.25) is 0 Å². The number of nitrogens with zero attached hydrogens (tertiary/aromatic N) is 3. The summed E-state index contributed by atoms with van der Waals surface area (Å²) in [6.07, 6.45) is 7.13. The third kappa shape index (κ3) is 5.72. The van der Waals surface area contributed by atoms with E-state index >= 15 is 0 Å². The highest BCUT2D eigenvalue weighted by atomic mass is 16.5. The summed E-state index contributed by atoms with van der Waals surface area (Å²) in [5, 5.41) is 15.3. The molecule has 5 rings (SSSR count). The van der Waals surface area contributed by atoms with Gasteiger partial charge < -0.3 is 29.9 Å². The second-order valence-corrected chi connectivity index (χ2v) is 8.96. The second kappa shape index (κ2) is 10.4. The third-order valence-electron chi connectivity index (χ3n) is 6.13. The van der Waals surface area contributed by atoms with Crippen LogP contribution in [0.3, 0.4) is 0 Å². The Balaban J connectivity index is 1.17. The summed E-state index contributed by atoms with van der Waals surface area (Å²) in [4.78, 5) is 30.3. The highest BCUT2D eigenvalue weighted by Crippen LogP contribution is 2.31. The number of aryl methyl sites for hydroxylation is 1. The molecule has 9 heteroatoms. The molecule has 0 saturated carbocycles. The number of ether oxygens (including phenoxy) is 1. The molecule has 0 atom stereocenters. The highest BCUT2D eigenvalue weighted by molar-refractivity contribution is 5.99. The number of urea groups is 1. The maximum absolute atomic E-state index is 12.3. The summed E-state index contributed by atoms with van der Waals surface area (Å²) >= 11 is 0. The zero-order valence-electron chi connectivity index (χ0n) is 20.3. The molecule has 0 spiro atoms. The van der Waals surface area contributed by atoms with Gasteiger partial charge in [-0.15, -0.1) is 0 Å². The first-order valence-corrected chi connectivity index (χ1v) is 11.9. The first-order chi connectivity index (χ1) is 17.9. The van der Waals surface area contributed by atoms with Gasteiger partial charge in [0.25, 0.3) is 0 Å². The molecule has 9 nitrogen and oxygen atoms in total. The maximum atomic E-state index is 12.3. The zero-order valence-corrected chi connectivity index (χ0v) is 20.3. The number of carbonyl (C=O) groups is 2. The number of carboxylic acids is 1. The molecule has 1 fully saturated rings. The first-order valence-electron chi connectivity index (χ1n) is 11.9. The Kier molecular flexibility index (Phi) is 6.76. The highest BCUT2D eigenvalue weighted by Gasteiger charge is 2.31. The van der Waals surface area contributed by atoms with E-state index in [0.29, 0.717) is 42.3 Å². The van der Waals surface area contributed by atoms with Gasteiger partial charge in [0.15, 0.2) is 0 Å². The van der Waals surface area contributed by atoms with E-state index in [1.54, 1.807) is 36.7 Å². The molecule has 2 aromatic carbocycles. The van der Waals surface area contributed by atoms with Crippen molar-refractivity contribution in [2.24, 2.45) is 0 Å². The number of hydrogen-bond acceptors (Lipinski definition) is 5. The van der Waals surface area contributed by atoms with Gasteiger partial charge in [-0.3, -0.25) is 4.98 Å². The lowest BCUT2D eigenvalue weighted by Gasteiger charge is -2.41. The van der Waals surface area contributed by atoms with E-state index in [9.17, 15) is 14.7 Å². The molecule has 2 amide bonds. The summed E-state index contributed by atoms with van der Waals surface area (Å²) in [6, 6.07) is 17.9. The quantitative estimate of drug-likeness (QED) is 0.321. The normalized spacial score (nSPS) is 13.1. The van der Waals surface area contributed by atoms with E-state index in [1.807, 2.05) is 60.3 Å². The number of nitrogens with one attached hydrogen (secondary N) is 2. The molecule has 37 heavy (non-hydrogen) atoms. The van der Waals surface area contributed by atoms with Gasteiger partial charge in [0.1, 0.15) is 11.9 Å². The van der Waals surface area contributed by atoms with E-state index < -0.39 is 5.97 Å². The van der Waals surface area contributed by atoms with Crippen molar-refractivity contribution in [3.63, 3.8) is 0 Å². The van der Waals surface area contributed by atoms with Crippen LogP contribution in [-0.4, -0.2) is 45.9 Å². The van der Waals surface area contributed by atoms with Crippen molar-refractivity contribution in [3.8, 4) is 5.75 Å². The van der Waals surface area contributed by atoms with Crippen LogP contribution in [0.1, 0.15) is 21.5 Å². The van der Waals surface area contributed by atoms with E-state index in [2.05, 4.69) is 20.5 Å². The van der Waals surface area contributed by atoms with Crippen molar-refractivity contribution in [1.29, 1.82) is 0 Å². The Hall–Kier alpha value is -4.79. The summed E-state index contributed by atoms with van der Waals surface area (Å²) in [5.41, 5.74) is 4.21. The molecule has 3 N–H and O–H groups in total. The minimum absolute atomic E-state index is 0.0242. The van der Waals surface area contributed by atoms with Gasteiger partial charge in [-0.05, 0) is 67.1 Å². The average Bonchev–Trinajstić information content (AvgIpc) is 3.35. The lowest BCUT2D eigenvalue weighted by molar-refractivity contribution is 0.0695. The number of anilines is 3. The van der Waals surface area contributed by atoms with Crippen LogP contribution in [-0.2, 0) is 6.54 Å². The Morgan fingerprint density at radius 1 is 1.00 bits per heavy atom. The molecular weight excluding hydrogens is 470 g/mol. The van der Waals surface area contributed by atoms with Crippen LogP contribution in [0, 0.1) is 6.92 Å². The molecule has 2 aromatic heterocycles. The Morgan fingerprint density at radius 2 is 1.73 bits per heavy atom. The number of aromatic nitrogens is 2. The summed E-state index contributed by atoms with van der Waals surface area (Å²) < 4.78 is 8.06. The van der Waals surface area contributed by atoms with Crippen molar-refractivity contribution in [1.82, 2.24) is 9.55 Å². The van der Waals surface area contributed by atoms with Crippen LogP contribution < -0.4 is 20.3 Å². The average molecular weight is 498 g/mol. The van der Waals surface area contributed by atoms with Gasteiger partial charge in [0.05, 0.1) is 30.5 Å². The van der Waals surface area contributed by atoms with E-state index in [-0.39, 0.29) is 12.1 Å². The Morgan fingerprint density at radius 3 is 2.43 bits per heavy atom. The molecule has 1 aliphatic rings. The number of benzene rings is 2. The molecule has 1 saturated heterocycles. The largest absolute Gasteiger partial charge is 0.487 e. The maximum Gasteiger partial charge on any atom is 0.336 e. The van der Waals surface area contributed by atoms with Crippen LogP contribution in [0.25, 0.3) is 0 Å². The van der Waals surface area contributed by atoms with Crippen molar-refractivity contribution in [2.75, 3.05) is 28.6 Å². The topological polar surface area (TPSA) is 109 Å². The lowest BCUT2D eigenvalue weighted by atomic mass is 10.0. The van der Waals surface area contributed by atoms with Crippen LogP contribution in [0.4, 0.5) is 21.9 Å². The van der Waals surface area contributed by atoms with Gasteiger partial charge in [-0.2, -0.15) is 0 Å². The number of aromatic carboxylic acids is 1. The summed E-state index contributed by atoms with van der Waals surface area (Å²) in [5.74, 6) is -0.236. The standard InChI is InChI=1S/C28H27N5O4/c1-19-13-21(15-29-14-19)31-28(36)30-20-7-9-22(10-8-20)37-23-16-33(17-23)26-6-4-5-24(27(34)35)25(26)18-32-11-2-3-12-32/h2-15,23H,16-18H2,1H3,(H,34,35)(H2,30,31,36). The number of amides is 2. The van der Waals surface area contributed by atoms with E-state index in [4.69, 9.17) is 4.74 Å². The molecule has 0 radical (unpaired) electrons. The monoisotopic (exact) mass is 497 g/mol. The fourth-order valence-electron chi connectivity index (χ4n) is 4.33. The van der Waals surface area contributed by atoms with Gasteiger partial charge in [0.2, 0.25) is 0 Å². The van der Waals surface area contributed by atoms with Crippen LogP contribution in [0.15, 0.2) is 85.5 Å². The number of hydrogen-bond donors (Lipinski definition) is 3. The molecule has 1 aliphatic heterocycles.